The highest BCUT2D eigenvalue weighted by Gasteiger charge is 2.49. The second kappa shape index (κ2) is 35.1. The number of para-hydroxylation sites is 1. The Kier molecular flexibility index (Phi) is 27.7. The fraction of sp³-hybridized carbons (Fsp3) is 0.569. The number of rotatable bonds is 36. The van der Waals surface area contributed by atoms with Crippen LogP contribution in [0.15, 0.2) is 53.3 Å². The Morgan fingerprint density at radius 1 is 0.786 bits per heavy atom. The topological polar surface area (TPSA) is 455 Å². The van der Waals surface area contributed by atoms with Crippen molar-refractivity contribution in [2.75, 3.05) is 77.0 Å². The van der Waals surface area contributed by atoms with E-state index in [2.05, 4.69) is 26.6 Å². The molecule has 32 nitrogen and oxygen atoms in total. The van der Waals surface area contributed by atoms with Crippen LogP contribution in [0.25, 0.3) is 22.3 Å². The van der Waals surface area contributed by atoms with E-state index in [1.807, 2.05) is 24.3 Å². The van der Waals surface area contributed by atoms with E-state index >= 15 is 0 Å². The predicted octanol–water partition coefficient (Wildman–Crippen LogP) is 0.338. The number of anilines is 1. The van der Waals surface area contributed by atoms with Crippen LogP contribution in [0.5, 0.6) is 5.75 Å². The summed E-state index contributed by atoms with van der Waals surface area (Å²) in [5.41, 5.74) is 1.87. The zero-order valence-corrected chi connectivity index (χ0v) is 56.4. The van der Waals surface area contributed by atoms with E-state index in [1.54, 1.807) is 45.3 Å². The molecule has 98 heavy (non-hydrogen) atoms. The number of benzene rings is 2. The number of aromatic nitrogens is 2. The molecular formula is C65H88N8O24S. The van der Waals surface area contributed by atoms with Crippen LogP contribution in [0.4, 0.5) is 10.5 Å². The number of Topliss-reactive ketones (excluding diaryl/α,β-unsaturated/α-hetero) is 1. The van der Waals surface area contributed by atoms with Gasteiger partial charge in [-0.25, -0.2) is 14.6 Å². The van der Waals surface area contributed by atoms with Crippen molar-refractivity contribution in [3.8, 4) is 17.1 Å². The molecule has 2 aromatic heterocycles. The van der Waals surface area contributed by atoms with Crippen molar-refractivity contribution in [1.82, 2.24) is 35.7 Å². The lowest BCUT2D eigenvalue weighted by molar-refractivity contribution is -0.271. The van der Waals surface area contributed by atoms with Crippen molar-refractivity contribution in [3.05, 3.63) is 86.7 Å². The normalized spacial score (nSPS) is 19.7. The lowest BCUT2D eigenvalue weighted by Crippen LogP contribution is -2.61. The van der Waals surface area contributed by atoms with Crippen LogP contribution in [0.3, 0.4) is 0 Å². The molecule has 1 fully saturated rings. The molecule has 9 atom stereocenters. The SMILES string of the molecule is CCC(=O)N[C@@H](CS(=O)(=O)O)C(=O)NCCOCCOCCOCCOCCC(=O)N[C@H](C(=O)N[C@@H](C)C(=O)Nc1ccc(COC(=O)N(CCc2c3c(nc4ccccc24)-c2cc4c(c(=O)n2C3)CCC(=O)[C@]4(O)CC)C(C)C)cc1O[C@@H]1O[C@H](C(=O)O)[C@@H](O)[C@H](O)[C@H]1O)C(C)C. The summed E-state index contributed by atoms with van der Waals surface area (Å²) >= 11 is 0. The molecule has 2 aliphatic heterocycles. The first-order valence-corrected chi connectivity index (χ1v) is 33.9. The van der Waals surface area contributed by atoms with Gasteiger partial charge in [-0.1, -0.05) is 52.0 Å². The van der Waals surface area contributed by atoms with Gasteiger partial charge in [0.05, 0.1) is 82.0 Å². The van der Waals surface area contributed by atoms with Crippen molar-refractivity contribution in [2.24, 2.45) is 5.92 Å². The largest absolute Gasteiger partial charge is 0.479 e. The van der Waals surface area contributed by atoms with Gasteiger partial charge in [0.15, 0.2) is 11.9 Å². The number of carbonyl (C=O) groups is 8. The molecule has 2 aromatic carbocycles. The maximum Gasteiger partial charge on any atom is 0.410 e. The number of aliphatic hydroxyl groups excluding tert-OH is 3. The molecule has 0 radical (unpaired) electrons. The predicted molar refractivity (Wildman–Crippen MR) is 348 cm³/mol. The molecule has 1 aliphatic carbocycles. The second-order valence-electron chi connectivity index (χ2n) is 24.4. The zero-order valence-electron chi connectivity index (χ0n) is 55.6. The molecule has 0 saturated carbocycles. The number of ether oxygens (including phenoxy) is 7. The van der Waals surface area contributed by atoms with Crippen molar-refractivity contribution < 1.29 is 110 Å². The lowest BCUT2D eigenvalue weighted by Gasteiger charge is -2.38. The Morgan fingerprint density at radius 3 is 2.08 bits per heavy atom. The molecular weight excluding hydrogens is 1310 g/mol. The lowest BCUT2D eigenvalue weighted by atomic mass is 9.77. The van der Waals surface area contributed by atoms with E-state index in [9.17, 15) is 77.1 Å². The third kappa shape index (κ3) is 19.8. The van der Waals surface area contributed by atoms with E-state index in [1.165, 1.54) is 36.9 Å². The number of amides is 6. The minimum atomic E-state index is -4.54. The first-order valence-electron chi connectivity index (χ1n) is 32.3. The molecule has 6 amide bonds. The van der Waals surface area contributed by atoms with Crippen molar-refractivity contribution in [1.29, 1.82) is 0 Å². The average molecular weight is 1400 g/mol. The molecule has 7 rings (SSSR count). The summed E-state index contributed by atoms with van der Waals surface area (Å²) in [4.78, 5) is 124. The summed E-state index contributed by atoms with van der Waals surface area (Å²) in [7, 11) is -4.54. The van der Waals surface area contributed by atoms with E-state index in [-0.39, 0.29) is 139 Å². The summed E-state index contributed by atoms with van der Waals surface area (Å²) in [6, 6.07) is 8.94. The van der Waals surface area contributed by atoms with Crippen LogP contribution in [-0.2, 0) is 104 Å². The summed E-state index contributed by atoms with van der Waals surface area (Å²) in [5, 5.41) is 66.6. The molecule has 11 N–H and O–H groups in total. The summed E-state index contributed by atoms with van der Waals surface area (Å²) in [6.07, 6.45) is -10.4. The number of pyridine rings is 2. The van der Waals surface area contributed by atoms with E-state index < -0.39 is 130 Å². The van der Waals surface area contributed by atoms with Gasteiger partial charge in [0.2, 0.25) is 35.8 Å². The molecule has 33 heteroatoms. The van der Waals surface area contributed by atoms with Crippen molar-refractivity contribution in [3.63, 3.8) is 0 Å². The number of hydrogen-bond acceptors (Lipinski definition) is 23. The molecule has 3 aliphatic rings. The number of aliphatic hydroxyl groups is 4. The summed E-state index contributed by atoms with van der Waals surface area (Å²) < 4.78 is 72.2. The van der Waals surface area contributed by atoms with Gasteiger partial charge in [-0.05, 0) is 81.3 Å². The summed E-state index contributed by atoms with van der Waals surface area (Å²) in [5.74, 6) is -7.23. The number of ketones is 1. The van der Waals surface area contributed by atoms with Crippen molar-refractivity contribution >= 4 is 74.1 Å². The number of carboxylic acid groups (broad SMARTS) is 1. The molecule has 4 heterocycles. The van der Waals surface area contributed by atoms with Gasteiger partial charge in [0.25, 0.3) is 15.7 Å². The fourth-order valence-electron chi connectivity index (χ4n) is 11.3. The van der Waals surface area contributed by atoms with Gasteiger partial charge in [-0.3, -0.25) is 38.1 Å². The number of nitrogens with one attached hydrogen (secondary N) is 5. The molecule has 1 saturated heterocycles. The van der Waals surface area contributed by atoms with Crippen molar-refractivity contribution in [2.45, 2.75) is 161 Å². The van der Waals surface area contributed by atoms with Gasteiger partial charge in [-0.15, -0.1) is 0 Å². The Morgan fingerprint density at radius 2 is 1.45 bits per heavy atom. The van der Waals surface area contributed by atoms with Gasteiger partial charge < -0.3 is 94.7 Å². The molecule has 0 bridgehead atoms. The number of carboxylic acids is 1. The molecule has 538 valence electrons. The van der Waals surface area contributed by atoms with E-state index in [4.69, 9.17) is 42.7 Å². The minimum Gasteiger partial charge on any atom is -0.479 e. The first kappa shape index (κ1) is 77.3. The molecule has 0 spiro atoms. The van der Waals surface area contributed by atoms with E-state index in [0.717, 1.165) is 16.5 Å². The number of nitrogens with zero attached hydrogens (tertiary/aromatic N) is 3. The zero-order chi connectivity index (χ0) is 71.8. The smallest absolute Gasteiger partial charge is 0.410 e. The number of carbonyl (C=O) groups excluding carboxylic acids is 7. The number of aliphatic carboxylic acids is 1. The van der Waals surface area contributed by atoms with Gasteiger partial charge >= 0.3 is 12.1 Å². The summed E-state index contributed by atoms with van der Waals surface area (Å²) in [6.45, 7) is 12.5. The monoisotopic (exact) mass is 1400 g/mol. The minimum absolute atomic E-state index is 0.00376. The van der Waals surface area contributed by atoms with Crippen LogP contribution in [0.2, 0.25) is 0 Å². The highest BCUT2D eigenvalue weighted by Crippen LogP contribution is 2.41. The highest BCUT2D eigenvalue weighted by molar-refractivity contribution is 7.85. The molecule has 4 aromatic rings. The Balaban J connectivity index is 0.904. The van der Waals surface area contributed by atoms with Crippen LogP contribution in [-0.4, -0.2) is 227 Å². The average Bonchev–Trinajstić information content (AvgIpc) is 1.50. The van der Waals surface area contributed by atoms with Crippen LogP contribution < -0.4 is 36.9 Å². The Bertz CT molecular complexity index is 3720. The van der Waals surface area contributed by atoms with Crippen LogP contribution in [0.1, 0.15) is 102 Å². The third-order valence-corrected chi connectivity index (χ3v) is 17.5. The number of hydrogen-bond donors (Lipinski definition) is 11. The van der Waals surface area contributed by atoms with Crippen LogP contribution >= 0.6 is 0 Å². The highest BCUT2D eigenvalue weighted by atomic mass is 32.2. The molecule has 0 unspecified atom stereocenters. The Hall–Kier alpha value is -8.09. The fourth-order valence-corrected chi connectivity index (χ4v) is 12.0. The third-order valence-electron chi connectivity index (χ3n) is 16.8. The quantitative estimate of drug-likeness (QED) is 0.0190. The first-order chi connectivity index (χ1) is 46.5. The standard InChI is InChI=1S/C65H88N8O24S/c1-8-50(75)68-46(34-98(88,89)90)59(81)66-20-23-92-25-27-94-29-28-93-26-24-91-22-19-51(76)71-52(35(3)4)60(82)67-37(7)58(80)70-45-16-14-38(30-48(45)96-63-56(79)54(77)55(78)57(97-63)62(84)85)33-95-64(86)72(36(5)6)21-18-39-40-12-10-11-13-44(40)69-53-42(39)32-73-47(53)31-43-41(61(73)83)15-17-49(74)65(43,87)9-2/h10-14,16,30-31,35-37,46,52,54-57,63,77-79,87H,8-9,15,17-29,32-34H2,1-7H3,(H,66,81)(H,67,82)(H,68,75)(H,70,80)(H,71,76)(H,84,85)(H,88,89,90)/t37-,46-,52-,54-,55-,56+,57-,63+,65-/m0/s1. The van der Waals surface area contributed by atoms with E-state index in [0.29, 0.717) is 28.0 Å². The number of fused-ring (bicyclic) bond motifs is 5. The maximum atomic E-state index is 14.1. The van der Waals surface area contributed by atoms with Gasteiger partial charge in [-0.2, -0.15) is 8.42 Å². The van der Waals surface area contributed by atoms with Crippen LogP contribution in [0, 0.1) is 5.92 Å². The van der Waals surface area contributed by atoms with Gasteiger partial charge in [0, 0.05) is 60.5 Å². The maximum absolute atomic E-state index is 14.1. The second-order valence-corrected chi connectivity index (χ2v) is 25.9. The Labute approximate surface area is 565 Å². The van der Waals surface area contributed by atoms with Gasteiger partial charge in [0.1, 0.15) is 60.1 Å².